The van der Waals surface area contributed by atoms with Gasteiger partial charge in [-0.2, -0.15) is 0 Å². The molecule has 6 nitrogen and oxygen atoms in total. The average Bonchev–Trinajstić information content (AvgIpc) is 3.05. The van der Waals surface area contributed by atoms with Crippen LogP contribution >= 0.6 is 36.2 Å². The van der Waals surface area contributed by atoms with Gasteiger partial charge in [-0.15, -0.1) is 36.2 Å². The third kappa shape index (κ3) is 4.54. The van der Waals surface area contributed by atoms with Gasteiger partial charge < -0.3 is 11.5 Å². The maximum atomic E-state index is 7.41. The number of rotatable bonds is 4. The van der Waals surface area contributed by atoms with Gasteiger partial charge in [-0.25, -0.2) is 4.98 Å². The van der Waals surface area contributed by atoms with Crippen LogP contribution in [0.5, 0.6) is 0 Å². The molecule has 1 aromatic carbocycles. The number of thiazole rings is 1. The van der Waals surface area contributed by atoms with Crippen molar-refractivity contribution in [3.63, 3.8) is 0 Å². The van der Waals surface area contributed by atoms with E-state index in [0.717, 1.165) is 21.0 Å². The molecule has 0 aliphatic carbocycles. The maximum absolute atomic E-state index is 7.41. The summed E-state index contributed by atoms with van der Waals surface area (Å²) in [7, 11) is 0. The monoisotopic (exact) mass is 394 g/mol. The number of nitrogens with one attached hydrogen (secondary N) is 2. The largest absolute Gasteiger partial charge is 0.384 e. The maximum Gasteiger partial charge on any atom is 0.141 e. The first-order chi connectivity index (χ1) is 11.0. The molecule has 9 heteroatoms. The first-order valence-corrected chi connectivity index (χ1v) is 7.58. The molecule has 3 aromatic rings. The van der Waals surface area contributed by atoms with Crippen LogP contribution in [-0.4, -0.2) is 21.6 Å². The van der Waals surface area contributed by atoms with Gasteiger partial charge in [-0.1, -0.05) is 24.3 Å². The number of nitrogens with zero attached hydrogens (tertiary/aromatic N) is 2. The Kier molecular flexibility index (Phi) is 7.05. The summed E-state index contributed by atoms with van der Waals surface area (Å²) in [5.74, 6) is 0.000109. The molecular weight excluding hydrogens is 379 g/mol. The zero-order chi connectivity index (χ0) is 16.4. The molecule has 2 heterocycles. The lowest BCUT2D eigenvalue weighted by Gasteiger charge is -2.00. The van der Waals surface area contributed by atoms with Gasteiger partial charge in [0.1, 0.15) is 22.4 Å². The number of benzene rings is 1. The minimum absolute atomic E-state index is 0. The zero-order valence-corrected chi connectivity index (χ0v) is 15.3. The van der Waals surface area contributed by atoms with Crippen LogP contribution < -0.4 is 11.5 Å². The van der Waals surface area contributed by atoms with Crippen LogP contribution in [0.3, 0.4) is 0 Å². The first kappa shape index (κ1) is 20.6. The van der Waals surface area contributed by atoms with Crippen molar-refractivity contribution >= 4 is 47.8 Å². The van der Waals surface area contributed by atoms with Crippen LogP contribution in [0.4, 0.5) is 0 Å². The first-order valence-electron chi connectivity index (χ1n) is 6.76. The lowest BCUT2D eigenvalue weighted by atomic mass is 10.1. The fourth-order valence-corrected chi connectivity index (χ4v) is 2.95. The molecule has 0 spiro atoms. The van der Waals surface area contributed by atoms with Crippen molar-refractivity contribution in [3.8, 4) is 21.0 Å². The molecule has 0 fully saturated rings. The minimum Gasteiger partial charge on any atom is -0.384 e. The van der Waals surface area contributed by atoms with E-state index in [0.29, 0.717) is 11.3 Å². The summed E-state index contributed by atoms with van der Waals surface area (Å²) < 4.78 is 0. The predicted molar refractivity (Wildman–Crippen MR) is 107 cm³/mol. The van der Waals surface area contributed by atoms with Crippen LogP contribution in [0.25, 0.3) is 21.0 Å². The third-order valence-corrected chi connectivity index (χ3v) is 4.37. The van der Waals surface area contributed by atoms with E-state index in [1.54, 1.807) is 23.6 Å². The number of halogens is 2. The predicted octanol–water partition coefficient (Wildman–Crippen LogP) is 3.28. The molecule has 0 saturated carbocycles. The van der Waals surface area contributed by atoms with Crippen LogP contribution in [0.15, 0.2) is 48.8 Å². The summed E-state index contributed by atoms with van der Waals surface area (Å²) in [6.07, 6.45) is 3.47. The van der Waals surface area contributed by atoms with E-state index in [2.05, 4.69) is 9.97 Å². The van der Waals surface area contributed by atoms with Gasteiger partial charge in [-0.05, 0) is 17.7 Å². The summed E-state index contributed by atoms with van der Waals surface area (Å²) in [5.41, 5.74) is 13.9. The molecule has 2 aromatic heterocycles. The number of aromatic nitrogens is 2. The Morgan fingerprint density at radius 2 is 1.44 bits per heavy atom. The molecule has 3 rings (SSSR count). The summed E-state index contributed by atoms with van der Waals surface area (Å²) in [5, 5.41) is 15.6. The van der Waals surface area contributed by atoms with Gasteiger partial charge in [-0.3, -0.25) is 15.8 Å². The van der Waals surface area contributed by atoms with E-state index in [1.807, 2.05) is 36.5 Å². The van der Waals surface area contributed by atoms with Crippen LogP contribution in [0, 0.1) is 10.8 Å². The number of hydrogen-bond donors (Lipinski definition) is 4. The Bertz CT molecular complexity index is 802. The van der Waals surface area contributed by atoms with Gasteiger partial charge >= 0.3 is 0 Å². The van der Waals surface area contributed by atoms with Crippen molar-refractivity contribution < 1.29 is 0 Å². The van der Waals surface area contributed by atoms with Crippen LogP contribution in [-0.2, 0) is 0 Å². The Morgan fingerprint density at radius 1 is 0.800 bits per heavy atom. The Morgan fingerprint density at radius 3 is 1.96 bits per heavy atom. The van der Waals surface area contributed by atoms with Crippen molar-refractivity contribution in [2.24, 2.45) is 11.5 Å². The Balaban J connectivity index is 0.00000156. The number of amidine groups is 2. The van der Waals surface area contributed by atoms with E-state index in [9.17, 15) is 0 Å². The molecule has 0 saturated heterocycles. The SMILES string of the molecule is Cl.Cl.N=C(N)c1ccc(-c2cnc(-c3ccc(C(=N)N)nc3)s2)cc1. The fourth-order valence-electron chi connectivity index (χ4n) is 2.03. The fraction of sp³-hybridized carbons (Fsp3) is 0. The lowest BCUT2D eigenvalue weighted by Crippen LogP contribution is -2.12. The quantitative estimate of drug-likeness (QED) is 0.399. The minimum atomic E-state index is -0.0538. The highest BCUT2D eigenvalue weighted by Crippen LogP contribution is 2.31. The third-order valence-electron chi connectivity index (χ3n) is 3.27. The Labute approximate surface area is 161 Å². The van der Waals surface area contributed by atoms with Gasteiger partial charge in [0.2, 0.25) is 0 Å². The standard InChI is InChI=1S/C16H14N6S.2ClH/c17-14(18)10-3-1-9(2-4-10)13-8-22-16(23-13)11-5-6-12(15(19)20)21-7-11;;/h1-8H,(H3,17,18)(H3,19,20);2*1H. The van der Waals surface area contributed by atoms with E-state index >= 15 is 0 Å². The Hall–Kier alpha value is -2.48. The second-order valence-electron chi connectivity index (χ2n) is 4.87. The van der Waals surface area contributed by atoms with Crippen molar-refractivity contribution in [3.05, 3.63) is 60.0 Å². The second kappa shape index (κ2) is 8.57. The number of hydrogen-bond acceptors (Lipinski definition) is 5. The molecular formula is C16H16Cl2N6S. The molecule has 0 amide bonds. The molecule has 0 bridgehead atoms. The molecule has 0 atom stereocenters. The molecule has 0 aliphatic heterocycles. The zero-order valence-electron chi connectivity index (χ0n) is 12.9. The normalized spacial score (nSPS) is 9.60. The van der Waals surface area contributed by atoms with Crippen molar-refractivity contribution in [2.45, 2.75) is 0 Å². The molecule has 0 unspecified atom stereocenters. The highest BCUT2D eigenvalue weighted by atomic mass is 35.5. The molecule has 25 heavy (non-hydrogen) atoms. The molecule has 6 N–H and O–H groups in total. The summed E-state index contributed by atoms with van der Waals surface area (Å²) in [6, 6.07) is 11.0. The number of nitrogens with two attached hydrogens (primary N) is 2. The van der Waals surface area contributed by atoms with Crippen LogP contribution in [0.1, 0.15) is 11.3 Å². The van der Waals surface area contributed by atoms with Gasteiger partial charge in [0, 0.05) is 23.5 Å². The van der Waals surface area contributed by atoms with Gasteiger partial charge in [0.25, 0.3) is 0 Å². The second-order valence-corrected chi connectivity index (χ2v) is 5.90. The average molecular weight is 395 g/mol. The number of pyridine rings is 1. The number of nitrogen functional groups attached to an aromatic ring is 2. The van der Waals surface area contributed by atoms with Crippen molar-refractivity contribution in [1.82, 2.24) is 9.97 Å². The molecule has 0 aliphatic rings. The van der Waals surface area contributed by atoms with E-state index in [-0.39, 0.29) is 36.5 Å². The summed E-state index contributed by atoms with van der Waals surface area (Å²) in [6.45, 7) is 0. The van der Waals surface area contributed by atoms with Gasteiger partial charge in [0.15, 0.2) is 0 Å². The van der Waals surface area contributed by atoms with E-state index in [1.165, 1.54) is 0 Å². The topological polar surface area (TPSA) is 126 Å². The summed E-state index contributed by atoms with van der Waals surface area (Å²) in [4.78, 5) is 9.59. The van der Waals surface area contributed by atoms with E-state index in [4.69, 9.17) is 22.3 Å². The molecule has 0 radical (unpaired) electrons. The smallest absolute Gasteiger partial charge is 0.141 e. The van der Waals surface area contributed by atoms with E-state index < -0.39 is 0 Å². The lowest BCUT2D eigenvalue weighted by molar-refractivity contribution is 1.25. The van der Waals surface area contributed by atoms with Gasteiger partial charge in [0.05, 0.1) is 4.88 Å². The highest BCUT2D eigenvalue weighted by Gasteiger charge is 2.08. The van der Waals surface area contributed by atoms with Crippen molar-refractivity contribution in [2.75, 3.05) is 0 Å². The van der Waals surface area contributed by atoms with Crippen molar-refractivity contribution in [1.29, 1.82) is 10.8 Å². The van der Waals surface area contributed by atoms with Crippen LogP contribution in [0.2, 0.25) is 0 Å². The summed E-state index contributed by atoms with van der Waals surface area (Å²) >= 11 is 1.55. The highest BCUT2D eigenvalue weighted by molar-refractivity contribution is 7.18. The molecule has 130 valence electrons.